The number of rotatable bonds is 6. The van der Waals surface area contributed by atoms with Crippen LogP contribution in [-0.4, -0.2) is 9.55 Å². The molecule has 0 radical (unpaired) electrons. The van der Waals surface area contributed by atoms with E-state index in [-0.39, 0.29) is 37.3 Å². The summed E-state index contributed by atoms with van der Waals surface area (Å²) in [6.45, 7) is 22.5. The molecule has 9 rings (SSSR count). The SMILES string of the molecule is CC(C)(C)c1cccc(N2[CH-]N(c3[c-]c(Oc4[c-]c5c(cc4)c4ccccc4n5-c4cc(C(C)(C)C)ccn4)cc(-c4ccccc4)c3)c3ccc(C(C)(C)C)cc32)c1.[Pt]. The summed E-state index contributed by atoms with van der Waals surface area (Å²) in [5, 5.41) is 2.23. The van der Waals surface area contributed by atoms with E-state index < -0.39 is 0 Å². The first-order chi connectivity index (χ1) is 28.1. The van der Waals surface area contributed by atoms with Crippen LogP contribution >= 0.6 is 0 Å². The van der Waals surface area contributed by atoms with Crippen LogP contribution in [-0.2, 0) is 37.3 Å². The Kier molecular flexibility index (Phi) is 10.6. The molecule has 5 nitrogen and oxygen atoms in total. The summed E-state index contributed by atoms with van der Waals surface area (Å²) in [6.07, 6.45) is 1.91. The van der Waals surface area contributed by atoms with Gasteiger partial charge in [0.1, 0.15) is 5.82 Å². The topological polar surface area (TPSA) is 33.5 Å². The van der Waals surface area contributed by atoms with E-state index in [4.69, 9.17) is 9.72 Å². The van der Waals surface area contributed by atoms with Crippen LogP contribution in [0.5, 0.6) is 11.5 Å². The van der Waals surface area contributed by atoms with E-state index in [0.717, 1.165) is 61.5 Å². The molecule has 6 aromatic carbocycles. The largest absolute Gasteiger partial charge is 0.509 e. The molecule has 1 aliphatic rings. The monoisotopic (exact) mass is 966 g/mol. The van der Waals surface area contributed by atoms with E-state index in [9.17, 15) is 0 Å². The van der Waals surface area contributed by atoms with Crippen LogP contribution in [0, 0.1) is 18.8 Å². The van der Waals surface area contributed by atoms with Crippen LogP contribution in [0.1, 0.15) is 79.0 Å². The van der Waals surface area contributed by atoms with E-state index in [1.807, 2.05) is 18.3 Å². The number of benzene rings is 6. The molecule has 0 atom stereocenters. The Morgan fingerprint density at radius 2 is 1.23 bits per heavy atom. The predicted molar refractivity (Wildman–Crippen MR) is 246 cm³/mol. The summed E-state index contributed by atoms with van der Waals surface area (Å²) in [5.41, 5.74) is 12.0. The summed E-state index contributed by atoms with van der Waals surface area (Å²) in [6, 6.07) is 54.7. The Balaban J connectivity index is 0.00000499. The molecule has 8 aromatic rings. The molecule has 0 unspecified atom stereocenters. The number of fused-ring (bicyclic) bond motifs is 4. The second-order valence-corrected chi connectivity index (χ2v) is 18.8. The van der Waals surface area contributed by atoms with E-state index in [1.165, 1.54) is 16.7 Å². The third kappa shape index (κ3) is 7.77. The van der Waals surface area contributed by atoms with Crippen LogP contribution in [0.4, 0.5) is 22.7 Å². The number of para-hydroxylation sites is 1. The normalized spacial score (nSPS) is 13.2. The first-order valence-electron chi connectivity index (χ1n) is 20.5. The van der Waals surface area contributed by atoms with Gasteiger partial charge in [-0.25, -0.2) is 4.98 Å². The van der Waals surface area contributed by atoms with Crippen molar-refractivity contribution in [2.75, 3.05) is 9.80 Å². The average Bonchev–Trinajstić information content (AvgIpc) is 3.76. The van der Waals surface area contributed by atoms with Crippen molar-refractivity contribution in [3.63, 3.8) is 0 Å². The number of hydrogen-bond donors (Lipinski definition) is 0. The van der Waals surface area contributed by atoms with Crippen molar-refractivity contribution in [1.82, 2.24) is 9.55 Å². The molecular weight excluding hydrogens is 916 g/mol. The van der Waals surface area contributed by atoms with E-state index in [1.54, 1.807) is 0 Å². The average molecular weight is 967 g/mol. The number of ether oxygens (including phenoxy) is 1. The molecule has 0 N–H and O–H groups in total. The van der Waals surface area contributed by atoms with Crippen LogP contribution in [0.15, 0.2) is 140 Å². The molecule has 1 aliphatic heterocycles. The first kappa shape index (κ1) is 41.1. The minimum atomic E-state index is -0.0264. The van der Waals surface area contributed by atoms with Crippen molar-refractivity contribution in [2.45, 2.75) is 78.6 Å². The molecule has 0 aliphatic carbocycles. The van der Waals surface area contributed by atoms with Gasteiger partial charge >= 0.3 is 0 Å². The Morgan fingerprint density at radius 1 is 0.533 bits per heavy atom. The molecule has 0 amide bonds. The van der Waals surface area contributed by atoms with Gasteiger partial charge < -0.3 is 19.1 Å². The third-order valence-corrected chi connectivity index (χ3v) is 11.4. The maximum absolute atomic E-state index is 6.83. The Morgan fingerprint density at radius 3 is 1.98 bits per heavy atom. The van der Waals surface area contributed by atoms with Crippen LogP contribution in [0.2, 0.25) is 0 Å². The summed E-state index contributed by atoms with van der Waals surface area (Å²) in [4.78, 5) is 9.43. The van der Waals surface area contributed by atoms with Gasteiger partial charge in [0.2, 0.25) is 0 Å². The van der Waals surface area contributed by atoms with Gasteiger partial charge in [-0.15, -0.1) is 53.6 Å². The van der Waals surface area contributed by atoms with Gasteiger partial charge in [-0.2, -0.15) is 6.07 Å². The quantitative estimate of drug-likeness (QED) is 0.156. The fourth-order valence-electron chi connectivity index (χ4n) is 7.95. The van der Waals surface area contributed by atoms with Crippen LogP contribution in [0.3, 0.4) is 0 Å². The van der Waals surface area contributed by atoms with Crippen molar-refractivity contribution in [3.05, 3.63) is 175 Å². The minimum absolute atomic E-state index is 0. The molecule has 60 heavy (non-hydrogen) atoms. The number of anilines is 4. The van der Waals surface area contributed by atoms with Crippen molar-refractivity contribution in [3.8, 4) is 28.4 Å². The standard InChI is InChI=1S/C54H51N4O.Pt/c1-52(2,3)38-18-15-19-41(30-38)56-35-57(48-25-22-39(31-50(48)56)53(4,5)6)42-28-37(36-16-11-10-12-17-36)29-44(33-42)59-43-23-24-46-45-20-13-14-21-47(45)58(49(46)34-43)51-32-40(26-27-55-51)54(7,8)9;/h10-32,35H,1-9H3;/q-3;. The number of nitrogens with zero attached hydrogens (tertiary/aromatic N) is 4. The summed E-state index contributed by atoms with van der Waals surface area (Å²) < 4.78 is 9.03. The van der Waals surface area contributed by atoms with Crippen molar-refractivity contribution in [1.29, 1.82) is 0 Å². The number of aromatic nitrogens is 2. The fraction of sp³-hybridized carbons (Fsp3) is 0.222. The second kappa shape index (κ2) is 15.4. The van der Waals surface area contributed by atoms with Gasteiger partial charge in [0.05, 0.1) is 0 Å². The number of hydrogen-bond acceptors (Lipinski definition) is 4. The summed E-state index contributed by atoms with van der Waals surface area (Å²) >= 11 is 0. The molecule has 0 bridgehead atoms. The zero-order chi connectivity index (χ0) is 41.3. The minimum Gasteiger partial charge on any atom is -0.509 e. The smallest absolute Gasteiger partial charge is 0.135 e. The molecular formula is C54H51N4OPt-3. The van der Waals surface area contributed by atoms with E-state index in [2.05, 4.69) is 217 Å². The maximum Gasteiger partial charge on any atom is 0.135 e. The zero-order valence-corrected chi connectivity index (χ0v) is 38.1. The molecule has 0 saturated carbocycles. The van der Waals surface area contributed by atoms with Gasteiger partial charge in [0, 0.05) is 61.3 Å². The molecule has 0 saturated heterocycles. The molecule has 0 fully saturated rings. The Bertz CT molecular complexity index is 2860. The van der Waals surface area contributed by atoms with Crippen molar-refractivity contribution in [2.24, 2.45) is 0 Å². The fourth-order valence-corrected chi connectivity index (χ4v) is 7.95. The molecule has 0 spiro atoms. The first-order valence-corrected chi connectivity index (χ1v) is 20.5. The number of pyridine rings is 1. The maximum atomic E-state index is 6.83. The third-order valence-electron chi connectivity index (χ3n) is 11.4. The van der Waals surface area contributed by atoms with E-state index >= 15 is 0 Å². The Labute approximate surface area is 369 Å². The molecule has 306 valence electrons. The zero-order valence-electron chi connectivity index (χ0n) is 35.9. The van der Waals surface area contributed by atoms with Crippen LogP contribution < -0.4 is 14.5 Å². The summed E-state index contributed by atoms with van der Waals surface area (Å²) in [7, 11) is 0. The molecule has 6 heteroatoms. The second-order valence-electron chi connectivity index (χ2n) is 18.8. The predicted octanol–water partition coefficient (Wildman–Crippen LogP) is 14.5. The van der Waals surface area contributed by atoms with Crippen molar-refractivity contribution >= 4 is 44.6 Å². The van der Waals surface area contributed by atoms with E-state index in [0.29, 0.717) is 11.5 Å². The van der Waals surface area contributed by atoms with Gasteiger partial charge in [-0.1, -0.05) is 135 Å². The van der Waals surface area contributed by atoms with Gasteiger partial charge in [0.15, 0.2) is 0 Å². The summed E-state index contributed by atoms with van der Waals surface area (Å²) in [5.74, 6) is 2.05. The van der Waals surface area contributed by atoms with Gasteiger partial charge in [0.25, 0.3) is 0 Å². The molecule has 2 aromatic heterocycles. The van der Waals surface area contributed by atoms with Crippen molar-refractivity contribution < 1.29 is 25.8 Å². The van der Waals surface area contributed by atoms with Gasteiger partial charge in [-0.3, -0.25) is 0 Å². The van der Waals surface area contributed by atoms with Gasteiger partial charge in [-0.05, 0) is 86.3 Å². The Hall–Kier alpha value is -5.64. The van der Waals surface area contributed by atoms with Crippen LogP contribution in [0.25, 0.3) is 38.8 Å². The molecule has 3 heterocycles.